The summed E-state index contributed by atoms with van der Waals surface area (Å²) in [6.45, 7) is 5.28. The molecule has 0 aliphatic rings. The molecule has 1 N–H and O–H groups in total. The number of hydrogen-bond donors (Lipinski definition) is 1. The van der Waals surface area contributed by atoms with Crippen LogP contribution in [0.15, 0.2) is 29.1 Å². The number of ether oxygens (including phenoxy) is 1. The van der Waals surface area contributed by atoms with Crippen molar-refractivity contribution in [3.05, 3.63) is 50.8 Å². The summed E-state index contributed by atoms with van der Waals surface area (Å²) >= 11 is 4.37. The smallest absolute Gasteiger partial charge is 0.341 e. The first-order valence-electron chi connectivity index (χ1n) is 8.64. The number of aromatic nitrogens is 4. The lowest BCUT2D eigenvalue weighted by Crippen LogP contribution is -2.16. The Kier molecular flexibility index (Phi) is 6.28. The van der Waals surface area contributed by atoms with Gasteiger partial charge in [0.25, 0.3) is 5.91 Å². The summed E-state index contributed by atoms with van der Waals surface area (Å²) in [6, 6.07) is 1.56. The van der Waals surface area contributed by atoms with Crippen molar-refractivity contribution in [1.29, 1.82) is 0 Å². The fourth-order valence-electron chi connectivity index (χ4n) is 2.68. The van der Waals surface area contributed by atoms with Crippen LogP contribution >= 0.6 is 27.3 Å². The van der Waals surface area contributed by atoms with Crippen LogP contribution in [0.25, 0.3) is 0 Å². The lowest BCUT2D eigenvalue weighted by molar-refractivity contribution is 0.0527. The summed E-state index contributed by atoms with van der Waals surface area (Å²) in [5.41, 5.74) is 0.851. The minimum Gasteiger partial charge on any atom is -0.462 e. The van der Waals surface area contributed by atoms with E-state index in [1.54, 1.807) is 47.9 Å². The molecular formula is C18H18BrN5O4S. The van der Waals surface area contributed by atoms with E-state index in [4.69, 9.17) is 4.74 Å². The average Bonchev–Trinajstić information content (AvgIpc) is 3.35. The van der Waals surface area contributed by atoms with Gasteiger partial charge < -0.3 is 10.1 Å². The number of thiophene rings is 1. The molecule has 0 atom stereocenters. The van der Waals surface area contributed by atoms with E-state index in [1.165, 1.54) is 6.92 Å². The van der Waals surface area contributed by atoms with Crippen molar-refractivity contribution in [2.24, 2.45) is 0 Å². The number of halogens is 1. The highest BCUT2D eigenvalue weighted by atomic mass is 79.9. The Morgan fingerprint density at radius 3 is 2.69 bits per heavy atom. The predicted octanol–water partition coefficient (Wildman–Crippen LogP) is 3.35. The number of nitrogens with zero attached hydrogens (tertiary/aromatic N) is 4. The van der Waals surface area contributed by atoms with E-state index in [2.05, 4.69) is 31.4 Å². The number of carbonyl (C=O) groups excluding carboxylic acids is 3. The molecular weight excluding hydrogens is 462 g/mol. The van der Waals surface area contributed by atoms with Crippen molar-refractivity contribution in [2.75, 3.05) is 11.9 Å². The van der Waals surface area contributed by atoms with Crippen molar-refractivity contribution in [3.8, 4) is 0 Å². The number of nitrogens with one attached hydrogen (secondary N) is 1. The highest BCUT2D eigenvalue weighted by Crippen LogP contribution is 2.34. The van der Waals surface area contributed by atoms with Gasteiger partial charge in [-0.25, -0.2) is 9.48 Å². The van der Waals surface area contributed by atoms with Gasteiger partial charge in [-0.1, -0.05) is 0 Å². The van der Waals surface area contributed by atoms with Gasteiger partial charge in [0.1, 0.15) is 11.7 Å². The first-order valence-corrected chi connectivity index (χ1v) is 10.2. The van der Waals surface area contributed by atoms with Gasteiger partial charge in [0.15, 0.2) is 11.5 Å². The molecule has 152 valence electrons. The van der Waals surface area contributed by atoms with Crippen molar-refractivity contribution in [2.45, 2.75) is 27.4 Å². The molecule has 0 bridgehead atoms. The van der Waals surface area contributed by atoms with E-state index >= 15 is 0 Å². The van der Waals surface area contributed by atoms with Gasteiger partial charge in [-0.3, -0.25) is 14.3 Å². The number of hydrogen-bond acceptors (Lipinski definition) is 7. The third kappa shape index (κ3) is 4.62. The summed E-state index contributed by atoms with van der Waals surface area (Å²) in [5.74, 6) is -1.26. The fourth-order valence-corrected chi connectivity index (χ4v) is 4.09. The number of amides is 1. The lowest BCUT2D eigenvalue weighted by atomic mass is 10.1. The molecule has 9 nitrogen and oxygen atoms in total. The number of carbonyl (C=O) groups is 3. The summed E-state index contributed by atoms with van der Waals surface area (Å²) in [7, 11) is 0. The Bertz CT molecular complexity index is 1080. The monoisotopic (exact) mass is 479 g/mol. The van der Waals surface area contributed by atoms with E-state index in [0.29, 0.717) is 17.1 Å². The Balaban J connectivity index is 1.82. The molecule has 3 rings (SSSR count). The molecule has 0 aromatic carbocycles. The third-order valence-corrected chi connectivity index (χ3v) is 5.66. The Morgan fingerprint density at radius 1 is 1.31 bits per heavy atom. The molecule has 0 spiro atoms. The molecule has 29 heavy (non-hydrogen) atoms. The number of rotatable bonds is 7. The zero-order valence-electron chi connectivity index (χ0n) is 15.9. The second kappa shape index (κ2) is 8.70. The van der Waals surface area contributed by atoms with E-state index in [-0.39, 0.29) is 28.6 Å². The van der Waals surface area contributed by atoms with Gasteiger partial charge in [-0.15, -0.1) is 11.3 Å². The summed E-state index contributed by atoms with van der Waals surface area (Å²) in [6.07, 6.45) is 5.09. The van der Waals surface area contributed by atoms with Gasteiger partial charge in [-0.2, -0.15) is 10.2 Å². The van der Waals surface area contributed by atoms with Gasteiger partial charge in [0.05, 0.1) is 27.7 Å². The topological polar surface area (TPSA) is 108 Å². The number of Topliss-reactive ketones (excluding diaryl/α,β-unsaturated/α-hetero) is 1. The molecule has 0 saturated heterocycles. The maximum Gasteiger partial charge on any atom is 0.341 e. The molecule has 0 radical (unpaired) electrons. The Morgan fingerprint density at radius 2 is 2.07 bits per heavy atom. The standard InChI is InChI=1S/C18H18BrN5O4S/c1-4-28-18(27)14-10(2)15(11(3)25)29-17(14)21-16(26)13-5-6-23(22-13)9-24-8-12(19)7-20-24/h5-8H,4,9H2,1-3H3,(H,21,26). The van der Waals surface area contributed by atoms with Crippen LogP contribution in [0, 0.1) is 6.92 Å². The molecule has 3 heterocycles. The van der Waals surface area contributed by atoms with Crippen LogP contribution in [0.5, 0.6) is 0 Å². The Hall–Kier alpha value is -2.79. The van der Waals surface area contributed by atoms with Gasteiger partial charge >= 0.3 is 5.97 Å². The number of ketones is 1. The molecule has 11 heteroatoms. The van der Waals surface area contributed by atoms with Crippen molar-refractivity contribution in [1.82, 2.24) is 19.6 Å². The molecule has 3 aromatic rings. The van der Waals surface area contributed by atoms with Crippen LogP contribution in [-0.4, -0.2) is 43.8 Å². The highest BCUT2D eigenvalue weighted by Gasteiger charge is 2.26. The predicted molar refractivity (Wildman–Crippen MR) is 111 cm³/mol. The second-order valence-electron chi connectivity index (χ2n) is 6.07. The van der Waals surface area contributed by atoms with Gasteiger partial charge in [0, 0.05) is 12.4 Å². The maximum absolute atomic E-state index is 12.7. The van der Waals surface area contributed by atoms with Crippen molar-refractivity contribution < 1.29 is 19.1 Å². The third-order valence-electron chi connectivity index (χ3n) is 3.94. The molecule has 0 aliphatic heterocycles. The molecule has 0 fully saturated rings. The summed E-state index contributed by atoms with van der Waals surface area (Å²) in [4.78, 5) is 37.3. The minimum atomic E-state index is -0.584. The SMILES string of the molecule is CCOC(=O)c1c(NC(=O)c2ccn(Cn3cc(Br)cn3)n2)sc(C(C)=O)c1C. The maximum atomic E-state index is 12.7. The van der Waals surface area contributed by atoms with Crippen LogP contribution in [-0.2, 0) is 11.4 Å². The van der Waals surface area contributed by atoms with Crippen molar-refractivity contribution >= 4 is 49.9 Å². The normalized spacial score (nSPS) is 10.8. The quantitative estimate of drug-likeness (QED) is 0.411. The first kappa shape index (κ1) is 20.9. The van der Waals surface area contributed by atoms with Crippen LogP contribution < -0.4 is 5.32 Å². The zero-order valence-corrected chi connectivity index (χ0v) is 18.3. The summed E-state index contributed by atoms with van der Waals surface area (Å²) in [5, 5.41) is 11.3. The first-order chi connectivity index (χ1) is 13.8. The largest absolute Gasteiger partial charge is 0.462 e. The van der Waals surface area contributed by atoms with E-state index in [0.717, 1.165) is 15.8 Å². The van der Waals surface area contributed by atoms with Crippen molar-refractivity contribution in [3.63, 3.8) is 0 Å². The molecule has 0 unspecified atom stereocenters. The van der Waals surface area contributed by atoms with Crippen LogP contribution in [0.1, 0.15) is 49.9 Å². The minimum absolute atomic E-state index is 0.168. The number of esters is 1. The van der Waals surface area contributed by atoms with E-state index in [1.807, 2.05) is 0 Å². The fraction of sp³-hybridized carbons (Fsp3) is 0.278. The van der Waals surface area contributed by atoms with Crippen LogP contribution in [0.2, 0.25) is 0 Å². The Labute approximate surface area is 178 Å². The average molecular weight is 480 g/mol. The van der Waals surface area contributed by atoms with Gasteiger partial charge in [0.2, 0.25) is 0 Å². The number of anilines is 1. The molecule has 0 aliphatic carbocycles. The lowest BCUT2D eigenvalue weighted by Gasteiger charge is -2.06. The van der Waals surface area contributed by atoms with E-state index in [9.17, 15) is 14.4 Å². The zero-order chi connectivity index (χ0) is 21.1. The van der Waals surface area contributed by atoms with Crippen LogP contribution in [0.3, 0.4) is 0 Å². The second-order valence-corrected chi connectivity index (χ2v) is 8.01. The van der Waals surface area contributed by atoms with Gasteiger partial charge in [-0.05, 0) is 48.3 Å². The highest BCUT2D eigenvalue weighted by molar-refractivity contribution is 9.10. The van der Waals surface area contributed by atoms with E-state index < -0.39 is 11.9 Å². The molecule has 1 amide bonds. The summed E-state index contributed by atoms with van der Waals surface area (Å²) < 4.78 is 9.12. The molecule has 3 aromatic heterocycles. The van der Waals surface area contributed by atoms with Crippen LogP contribution in [0.4, 0.5) is 5.00 Å². The molecule has 0 saturated carbocycles.